The third kappa shape index (κ3) is 27.1. The summed E-state index contributed by atoms with van der Waals surface area (Å²) in [7, 11) is 1.44. The number of nitrogens with two attached hydrogens (primary N) is 5. The van der Waals surface area contributed by atoms with Gasteiger partial charge < -0.3 is 91.3 Å². The predicted molar refractivity (Wildman–Crippen MR) is 396 cm³/mol. The molecule has 2 heterocycles. The standard InChI is InChI=1S/C73H97ClN18O14/c1-41(2)34-55(65(99)87-54(16-10-32-82-73(78)79)71(105)92-33-11-17-60(92)70(104)83-42(3)62(75)96)88-64(98)53(28-29-61(95)48-22-26-51(106-5)27-23-48)86-63(97)52(15-9-31-81-72(76)77)85-69(103)59(40-93)91-68(102)58(38-46-12-8-30-80-39-46)90-67(101)57(36-44-19-24-50(74)25-20-44)89-66(100)56(84-43(4)94)37-45-18-21-47-13-6-7-14-49(47)35-45/h6-8,12-14,18-27,30,35,39,41-42,52-60,93H,9-11,15-17,28-29,31-34,36-38,40H2,1-5H3,(H2,75,96)(H,83,104)(H,84,94)(H,85,103)(H,86,97)(H,87,99)(H,88,98)(H,89,100)(H,90,101)(H,91,102)(H4,76,77,81)(H4,78,79,82)/t42-,52-,53-,54-,55-,56-,57-,58-,59-,60+/m0/s1. The number of ether oxygens (including phenoxy) is 1. The number of primary amides is 1. The molecular formula is C73H97ClN18O14. The van der Waals surface area contributed by atoms with Crippen molar-refractivity contribution < 1.29 is 67.4 Å². The van der Waals surface area contributed by atoms with E-state index in [9.17, 15) is 62.6 Å². The number of benzene rings is 4. The molecule has 0 unspecified atom stereocenters. The Bertz CT molecular complexity index is 3930. The van der Waals surface area contributed by atoms with E-state index in [0.717, 1.165) is 10.8 Å². The van der Waals surface area contributed by atoms with E-state index in [-0.39, 0.29) is 107 Å². The summed E-state index contributed by atoms with van der Waals surface area (Å²) < 4.78 is 5.26. The van der Waals surface area contributed by atoms with Crippen LogP contribution >= 0.6 is 11.6 Å². The molecule has 1 aliphatic heterocycles. The van der Waals surface area contributed by atoms with E-state index in [0.29, 0.717) is 33.9 Å². The molecule has 10 atom stereocenters. The number of carbonyl (C=O) groups excluding carboxylic acids is 12. The molecule has 0 spiro atoms. The molecule has 32 nitrogen and oxygen atoms in total. The first-order valence-corrected chi connectivity index (χ1v) is 35.2. The fourth-order valence-corrected chi connectivity index (χ4v) is 11.9. The first-order chi connectivity index (χ1) is 50.5. The summed E-state index contributed by atoms with van der Waals surface area (Å²) in [6.45, 7) is 5.14. The minimum atomic E-state index is -1.86. The average molecular weight is 1490 g/mol. The Labute approximate surface area is 619 Å². The van der Waals surface area contributed by atoms with E-state index < -0.39 is 144 Å². The van der Waals surface area contributed by atoms with Gasteiger partial charge in [0.25, 0.3) is 0 Å². The number of aliphatic hydroxyl groups excluding tert-OH is 1. The number of nitrogens with one attached hydrogen (secondary N) is 9. The average Bonchev–Trinajstić information content (AvgIpc) is 1.47. The molecule has 4 aromatic carbocycles. The molecule has 0 bridgehead atoms. The number of rotatable bonds is 41. The molecule has 1 fully saturated rings. The Morgan fingerprint density at radius 1 is 0.566 bits per heavy atom. The highest BCUT2D eigenvalue weighted by molar-refractivity contribution is 6.30. The van der Waals surface area contributed by atoms with E-state index in [4.69, 9.17) is 45.0 Å². The summed E-state index contributed by atoms with van der Waals surface area (Å²) >= 11 is 6.24. The Morgan fingerprint density at radius 3 is 1.62 bits per heavy atom. The number of halogens is 1. The number of hydrogen-bond acceptors (Lipinski definition) is 17. The predicted octanol–water partition coefficient (Wildman–Crippen LogP) is -0.387. The fourth-order valence-electron chi connectivity index (χ4n) is 11.8. The lowest BCUT2D eigenvalue weighted by molar-refractivity contribution is -0.142. The number of ketones is 1. The summed E-state index contributed by atoms with van der Waals surface area (Å²) in [4.78, 5) is 183. The molecule has 11 amide bonds. The van der Waals surface area contributed by atoms with E-state index in [2.05, 4.69) is 62.8 Å². The number of likely N-dealkylation sites (tertiary alicyclic amines) is 1. The van der Waals surface area contributed by atoms with Crippen LogP contribution in [-0.4, -0.2) is 191 Å². The minimum absolute atomic E-state index is 0.000991. The number of amides is 11. The molecule has 0 saturated carbocycles. The monoisotopic (exact) mass is 1480 g/mol. The van der Waals surface area contributed by atoms with Crippen LogP contribution in [0.2, 0.25) is 5.02 Å². The van der Waals surface area contributed by atoms with Crippen molar-refractivity contribution in [1.29, 1.82) is 0 Å². The van der Waals surface area contributed by atoms with Crippen LogP contribution in [0.4, 0.5) is 0 Å². The summed E-state index contributed by atoms with van der Waals surface area (Å²) in [5.74, 6) is -10.1. The molecule has 33 heteroatoms. The molecule has 5 aromatic rings. The fraction of sp³-hybridized carbons (Fsp3) is 0.438. The SMILES string of the molecule is COc1ccc(C(=O)CC[C@H](NC(=O)[C@H](CCCN=C(N)N)NC(=O)[C@H](CO)NC(=O)[C@H](Cc2cccnc2)NC(=O)[C@H](Cc2ccc(Cl)cc2)NC(=O)[C@H](Cc2ccc3ccccc3c2)NC(C)=O)C(=O)N[C@@H](CC(C)C)C(=O)N[C@@H](CCCN=C(N)N)C(=O)N2CCC[C@@H]2C(=O)N[C@@H](C)C(N)=O)cc1. The van der Waals surface area contributed by atoms with Crippen LogP contribution in [-0.2, 0) is 72.0 Å². The Morgan fingerprint density at radius 2 is 1.07 bits per heavy atom. The zero-order valence-corrected chi connectivity index (χ0v) is 60.7. The van der Waals surface area contributed by atoms with Gasteiger partial charge in [-0.3, -0.25) is 72.5 Å². The van der Waals surface area contributed by atoms with Crippen molar-refractivity contribution in [2.75, 3.05) is 33.4 Å². The van der Waals surface area contributed by atoms with Crippen LogP contribution in [0.15, 0.2) is 126 Å². The molecule has 1 aromatic heterocycles. The summed E-state index contributed by atoms with van der Waals surface area (Å²) in [6, 6.07) is 14.7. The van der Waals surface area contributed by atoms with Crippen molar-refractivity contribution >= 4 is 105 Å². The van der Waals surface area contributed by atoms with Crippen molar-refractivity contribution in [3.05, 3.63) is 143 Å². The molecule has 1 aliphatic rings. The molecule has 6 rings (SSSR count). The molecule has 106 heavy (non-hydrogen) atoms. The van der Waals surface area contributed by atoms with Gasteiger partial charge in [-0.15, -0.1) is 0 Å². The number of Topliss-reactive ketones (excluding diaryl/α,β-unsaturated/α-hetero) is 1. The number of aromatic nitrogens is 1. The number of guanidine groups is 2. The van der Waals surface area contributed by atoms with Crippen LogP contribution in [0.3, 0.4) is 0 Å². The second-order valence-electron chi connectivity index (χ2n) is 26.2. The number of carbonyl (C=O) groups is 12. The van der Waals surface area contributed by atoms with Crippen molar-refractivity contribution in [2.45, 2.75) is 165 Å². The zero-order valence-electron chi connectivity index (χ0n) is 59.9. The van der Waals surface area contributed by atoms with Crippen LogP contribution in [0, 0.1) is 5.92 Å². The lowest BCUT2D eigenvalue weighted by Crippen LogP contribution is -2.61. The van der Waals surface area contributed by atoms with Crippen molar-refractivity contribution in [2.24, 2.45) is 44.6 Å². The quantitative estimate of drug-likeness (QED) is 0.0103. The third-order valence-electron chi connectivity index (χ3n) is 17.4. The van der Waals surface area contributed by atoms with Crippen LogP contribution in [0.25, 0.3) is 10.8 Å². The highest BCUT2D eigenvalue weighted by Crippen LogP contribution is 2.23. The number of aliphatic imine (C=N–C) groups is 2. The molecule has 20 N–H and O–H groups in total. The lowest BCUT2D eigenvalue weighted by atomic mass is 9.99. The third-order valence-corrected chi connectivity index (χ3v) is 17.6. The highest BCUT2D eigenvalue weighted by atomic mass is 35.5. The van der Waals surface area contributed by atoms with Gasteiger partial charge in [-0.2, -0.15) is 0 Å². The number of nitrogens with zero attached hydrogens (tertiary/aromatic N) is 4. The van der Waals surface area contributed by atoms with E-state index in [1.807, 2.05) is 42.5 Å². The molecular weight excluding hydrogens is 1390 g/mol. The van der Waals surface area contributed by atoms with Gasteiger partial charge >= 0.3 is 0 Å². The van der Waals surface area contributed by atoms with Gasteiger partial charge in [0, 0.05) is 75.2 Å². The minimum Gasteiger partial charge on any atom is -0.497 e. The zero-order chi connectivity index (χ0) is 77.6. The van der Waals surface area contributed by atoms with Gasteiger partial charge in [-0.25, -0.2) is 0 Å². The van der Waals surface area contributed by atoms with E-state index >= 15 is 0 Å². The molecule has 570 valence electrons. The van der Waals surface area contributed by atoms with Crippen molar-refractivity contribution in [3.63, 3.8) is 0 Å². The maximum atomic E-state index is 14.9. The van der Waals surface area contributed by atoms with Gasteiger partial charge in [-0.05, 0) is 134 Å². The first kappa shape index (κ1) is 83.7. The molecule has 0 aliphatic carbocycles. The summed E-state index contributed by atoms with van der Waals surface area (Å²) in [5, 5.41) is 37.0. The van der Waals surface area contributed by atoms with E-state index in [1.54, 1.807) is 62.4 Å². The second-order valence-corrected chi connectivity index (χ2v) is 26.6. The Kier molecular flexibility index (Phi) is 33.0. The Balaban J connectivity index is 1.28. The summed E-state index contributed by atoms with van der Waals surface area (Å²) in [6.07, 6.45) is 2.16. The topological polar surface area (TPSA) is 514 Å². The van der Waals surface area contributed by atoms with Gasteiger partial charge in [0.2, 0.25) is 65.0 Å². The highest BCUT2D eigenvalue weighted by Gasteiger charge is 2.40. The summed E-state index contributed by atoms with van der Waals surface area (Å²) in [5.41, 5.74) is 29.7. The number of fused-ring (bicyclic) bond motifs is 1. The van der Waals surface area contributed by atoms with Crippen LogP contribution in [0.1, 0.15) is 113 Å². The maximum Gasteiger partial charge on any atom is 0.245 e. The molecule has 1 saturated heterocycles. The van der Waals surface area contributed by atoms with Gasteiger partial charge in [0.05, 0.1) is 13.7 Å². The second kappa shape index (κ2) is 41.9. The normalized spacial score (nSPS) is 15.0. The number of hydrogen-bond donors (Lipinski definition) is 15. The smallest absolute Gasteiger partial charge is 0.245 e. The van der Waals surface area contributed by atoms with Crippen LogP contribution < -0.4 is 81.3 Å². The van der Waals surface area contributed by atoms with E-state index in [1.165, 1.54) is 50.4 Å². The van der Waals surface area contributed by atoms with Crippen molar-refractivity contribution in [1.82, 2.24) is 57.7 Å². The number of aliphatic hydroxyl groups is 1. The lowest BCUT2D eigenvalue weighted by Gasteiger charge is -2.31. The van der Waals surface area contributed by atoms with Crippen LogP contribution in [0.5, 0.6) is 5.75 Å². The van der Waals surface area contributed by atoms with Crippen molar-refractivity contribution in [3.8, 4) is 5.75 Å². The Hall–Kier alpha value is -11.3. The maximum absolute atomic E-state index is 14.9. The van der Waals surface area contributed by atoms with Gasteiger partial charge in [-0.1, -0.05) is 86.1 Å². The van der Waals surface area contributed by atoms with Gasteiger partial charge in [0.1, 0.15) is 66.2 Å². The number of methoxy groups -OCH3 is 1. The first-order valence-electron chi connectivity index (χ1n) is 34.8. The number of pyridine rings is 1. The largest absolute Gasteiger partial charge is 0.497 e. The molecule has 0 radical (unpaired) electrons. The van der Waals surface area contributed by atoms with Gasteiger partial charge in [0.15, 0.2) is 17.7 Å².